The van der Waals surface area contributed by atoms with E-state index in [1.165, 1.54) is 0 Å². The fourth-order valence-electron chi connectivity index (χ4n) is 6.32. The average Bonchev–Trinajstić information content (AvgIpc) is 3.08. The Labute approximate surface area is 271 Å². The van der Waals surface area contributed by atoms with Crippen molar-refractivity contribution >= 4 is 38.2 Å². The smallest absolute Gasteiger partial charge is 0.326 e. The lowest BCUT2D eigenvalue weighted by molar-refractivity contribution is 0.0322. The molecule has 1 heterocycles. The molecule has 0 radical (unpaired) electrons. The summed E-state index contributed by atoms with van der Waals surface area (Å²) in [6.07, 6.45) is 3.16. The molecule has 4 aromatic rings. The van der Waals surface area contributed by atoms with Crippen LogP contribution in [-0.2, 0) is 14.8 Å². The maximum atomic E-state index is 13.8. The number of para-hydroxylation sites is 1. The van der Waals surface area contributed by atoms with Crippen LogP contribution < -0.4 is 19.7 Å². The Morgan fingerprint density at radius 2 is 1.67 bits per heavy atom. The van der Waals surface area contributed by atoms with E-state index in [9.17, 15) is 13.2 Å². The fraction of sp³-hybridized carbons (Fsp3) is 0.361. The third kappa shape index (κ3) is 8.44. The van der Waals surface area contributed by atoms with Gasteiger partial charge in [0.05, 0.1) is 18.1 Å². The van der Waals surface area contributed by atoms with Gasteiger partial charge in [-0.1, -0.05) is 61.0 Å². The monoisotopic (exact) mass is 642 g/mol. The molecule has 4 aromatic carbocycles. The molecule has 242 valence electrons. The van der Waals surface area contributed by atoms with Gasteiger partial charge in [-0.3, -0.25) is 9.80 Å². The van der Waals surface area contributed by atoms with E-state index in [2.05, 4.69) is 14.9 Å². The zero-order valence-corrected chi connectivity index (χ0v) is 26.8. The SMILES string of the molecule is O=C(Nc1ccccc1)N(CC1CCCC(NS(=O)(=O)c2ccc3ccccc3c2)C1)c1cccc(OCCN2CCOCC2)c1. The van der Waals surface area contributed by atoms with E-state index in [0.29, 0.717) is 31.0 Å². The molecule has 1 aliphatic heterocycles. The summed E-state index contributed by atoms with van der Waals surface area (Å²) < 4.78 is 41.4. The maximum absolute atomic E-state index is 13.8. The highest BCUT2D eigenvalue weighted by Gasteiger charge is 2.30. The molecule has 0 aromatic heterocycles. The summed E-state index contributed by atoms with van der Waals surface area (Å²) in [7, 11) is -3.71. The molecule has 6 rings (SSSR count). The van der Waals surface area contributed by atoms with Gasteiger partial charge in [0, 0.05) is 49.7 Å². The summed E-state index contributed by atoms with van der Waals surface area (Å²) in [6.45, 7) is 5.09. The second kappa shape index (κ2) is 15.1. The minimum atomic E-state index is -3.71. The van der Waals surface area contributed by atoms with Crippen molar-refractivity contribution in [2.75, 3.05) is 56.2 Å². The molecule has 2 fully saturated rings. The highest BCUT2D eigenvalue weighted by Crippen LogP contribution is 2.30. The number of anilines is 2. The molecular weight excluding hydrogens is 600 g/mol. The van der Waals surface area contributed by atoms with Gasteiger partial charge in [-0.15, -0.1) is 0 Å². The Morgan fingerprint density at radius 3 is 2.50 bits per heavy atom. The molecule has 9 nitrogen and oxygen atoms in total. The number of hydrogen-bond acceptors (Lipinski definition) is 6. The van der Waals surface area contributed by atoms with Crippen molar-refractivity contribution in [3.8, 4) is 5.75 Å². The largest absolute Gasteiger partial charge is 0.492 e. The first-order chi connectivity index (χ1) is 22.4. The van der Waals surface area contributed by atoms with Gasteiger partial charge in [-0.2, -0.15) is 0 Å². The highest BCUT2D eigenvalue weighted by molar-refractivity contribution is 7.89. The molecule has 46 heavy (non-hydrogen) atoms. The number of hydrogen-bond donors (Lipinski definition) is 2. The fourth-order valence-corrected chi connectivity index (χ4v) is 7.64. The van der Waals surface area contributed by atoms with Crippen molar-refractivity contribution in [1.29, 1.82) is 0 Å². The van der Waals surface area contributed by atoms with Gasteiger partial charge in [-0.05, 0) is 72.4 Å². The Hall–Kier alpha value is -3.96. The summed E-state index contributed by atoms with van der Waals surface area (Å²) in [5.41, 5.74) is 1.44. The van der Waals surface area contributed by atoms with E-state index in [-0.39, 0.29) is 22.9 Å². The van der Waals surface area contributed by atoms with Crippen molar-refractivity contribution in [2.24, 2.45) is 5.92 Å². The van der Waals surface area contributed by atoms with Gasteiger partial charge >= 0.3 is 6.03 Å². The summed E-state index contributed by atoms with van der Waals surface area (Å²) >= 11 is 0. The molecule has 2 atom stereocenters. The van der Waals surface area contributed by atoms with E-state index < -0.39 is 10.0 Å². The molecule has 1 saturated heterocycles. The zero-order valence-electron chi connectivity index (χ0n) is 26.0. The number of urea groups is 1. The number of nitrogens with one attached hydrogen (secondary N) is 2. The van der Waals surface area contributed by atoms with Gasteiger partial charge in [0.2, 0.25) is 10.0 Å². The average molecular weight is 643 g/mol. The highest BCUT2D eigenvalue weighted by atomic mass is 32.2. The predicted molar refractivity (Wildman–Crippen MR) is 182 cm³/mol. The Balaban J connectivity index is 1.15. The third-order valence-corrected chi connectivity index (χ3v) is 10.3. The van der Waals surface area contributed by atoms with Crippen LogP contribution >= 0.6 is 0 Å². The first-order valence-electron chi connectivity index (χ1n) is 16.1. The van der Waals surface area contributed by atoms with Crippen LogP contribution in [0, 0.1) is 5.92 Å². The Kier molecular flexibility index (Phi) is 10.5. The molecule has 10 heteroatoms. The number of fused-ring (bicyclic) bond motifs is 1. The zero-order chi connectivity index (χ0) is 31.8. The van der Waals surface area contributed by atoms with Crippen LogP contribution in [0.2, 0.25) is 0 Å². The number of carbonyl (C=O) groups is 1. The van der Waals surface area contributed by atoms with Crippen LogP contribution in [0.3, 0.4) is 0 Å². The quantitative estimate of drug-likeness (QED) is 0.204. The second-order valence-electron chi connectivity index (χ2n) is 12.1. The van der Waals surface area contributed by atoms with Gasteiger partial charge in [0.15, 0.2) is 0 Å². The number of ether oxygens (including phenoxy) is 2. The van der Waals surface area contributed by atoms with Gasteiger partial charge in [0.1, 0.15) is 12.4 Å². The normalized spacial score (nSPS) is 19.0. The first-order valence-corrected chi connectivity index (χ1v) is 17.6. The van der Waals surface area contributed by atoms with Crippen LogP contribution in [0.15, 0.2) is 102 Å². The predicted octanol–water partition coefficient (Wildman–Crippen LogP) is 6.13. The van der Waals surface area contributed by atoms with Crippen molar-refractivity contribution in [1.82, 2.24) is 9.62 Å². The summed E-state index contributed by atoms with van der Waals surface area (Å²) in [5.74, 6) is 0.804. The van der Waals surface area contributed by atoms with Crippen LogP contribution in [0.4, 0.5) is 16.2 Å². The first kappa shape index (κ1) is 32.0. The van der Waals surface area contributed by atoms with Crippen molar-refractivity contribution in [3.05, 3.63) is 97.1 Å². The van der Waals surface area contributed by atoms with Crippen LogP contribution in [0.1, 0.15) is 25.7 Å². The van der Waals surface area contributed by atoms with E-state index in [1.807, 2.05) is 84.9 Å². The summed E-state index contributed by atoms with van der Waals surface area (Å²) in [4.78, 5) is 18.1. The Morgan fingerprint density at radius 1 is 0.891 bits per heavy atom. The van der Waals surface area contributed by atoms with Crippen LogP contribution in [0.5, 0.6) is 5.75 Å². The molecule has 2 unspecified atom stereocenters. The number of morpholine rings is 1. The van der Waals surface area contributed by atoms with Crippen LogP contribution in [-0.4, -0.2) is 71.4 Å². The van der Waals surface area contributed by atoms with Crippen molar-refractivity contribution < 1.29 is 22.7 Å². The number of nitrogens with zero attached hydrogens (tertiary/aromatic N) is 2. The topological polar surface area (TPSA) is 100 Å². The van der Waals surface area contributed by atoms with Gasteiger partial charge in [-0.25, -0.2) is 17.9 Å². The van der Waals surface area contributed by atoms with Crippen LogP contribution in [0.25, 0.3) is 10.8 Å². The van der Waals surface area contributed by atoms with Crippen molar-refractivity contribution in [3.63, 3.8) is 0 Å². The number of amides is 2. The van der Waals surface area contributed by atoms with E-state index >= 15 is 0 Å². The standard InChI is InChI=1S/C36H42N4O5S/c41-36(37-31-11-2-1-3-12-31)40(33-14-7-15-34(26-33)45-23-20-39-18-21-44-22-19-39)27-28-8-6-13-32(24-28)38-46(42,43)35-17-16-29-9-4-5-10-30(29)25-35/h1-5,7,9-12,14-17,25-26,28,32,38H,6,8,13,18-24,27H2,(H,37,41). The number of rotatable bonds is 11. The van der Waals surface area contributed by atoms with Gasteiger partial charge < -0.3 is 14.8 Å². The molecule has 2 N–H and O–H groups in total. The molecule has 2 amide bonds. The van der Waals surface area contributed by atoms with E-state index in [0.717, 1.165) is 68.6 Å². The number of benzene rings is 4. The van der Waals surface area contributed by atoms with Crippen molar-refractivity contribution in [2.45, 2.75) is 36.6 Å². The molecule has 1 aliphatic carbocycles. The third-order valence-electron chi connectivity index (χ3n) is 8.76. The minimum Gasteiger partial charge on any atom is -0.492 e. The lowest BCUT2D eigenvalue weighted by Crippen LogP contribution is -2.43. The van der Waals surface area contributed by atoms with E-state index in [1.54, 1.807) is 17.0 Å². The molecule has 0 spiro atoms. The summed E-state index contributed by atoms with van der Waals surface area (Å²) in [6, 6.07) is 29.6. The lowest BCUT2D eigenvalue weighted by Gasteiger charge is -2.34. The minimum absolute atomic E-state index is 0.102. The van der Waals surface area contributed by atoms with E-state index in [4.69, 9.17) is 9.47 Å². The maximum Gasteiger partial charge on any atom is 0.326 e. The lowest BCUT2D eigenvalue weighted by atomic mass is 9.86. The Bertz CT molecular complexity index is 1710. The second-order valence-corrected chi connectivity index (χ2v) is 13.8. The number of carbonyl (C=O) groups excluding carboxylic acids is 1. The molecule has 0 bridgehead atoms. The number of sulfonamides is 1. The molecule has 1 saturated carbocycles. The molecule has 2 aliphatic rings. The molecular formula is C36H42N4O5S. The summed E-state index contributed by atoms with van der Waals surface area (Å²) in [5, 5.41) is 4.93. The van der Waals surface area contributed by atoms with Gasteiger partial charge in [0.25, 0.3) is 0 Å².